The van der Waals surface area contributed by atoms with Gasteiger partial charge in [-0.3, -0.25) is 0 Å². The molecule has 2 N–H and O–H groups in total. The van der Waals surface area contributed by atoms with Crippen molar-refractivity contribution in [3.05, 3.63) is 51.7 Å². The number of halogens is 2. The predicted octanol–water partition coefficient (Wildman–Crippen LogP) is 4.22. The molecule has 0 saturated carbocycles. The maximum atomic E-state index is 13.2. The number of phenolic OH excluding ortho intramolecular Hbond substituents is 1. The molecule has 0 spiro atoms. The zero-order chi connectivity index (χ0) is 14.7. The first-order chi connectivity index (χ1) is 9.51. The second-order valence-electron chi connectivity index (χ2n) is 4.43. The lowest BCUT2D eigenvalue weighted by Crippen LogP contribution is -2.04. The van der Waals surface area contributed by atoms with Crippen LogP contribution in [0.15, 0.2) is 34.8 Å². The zero-order valence-electron chi connectivity index (χ0n) is 11.2. The molecule has 0 fully saturated rings. The number of ether oxygens (including phenoxy) is 1. The SMILES string of the molecule is COc1cc(Br)cc(C)c1NCc1cc(F)ccc1O. The Morgan fingerprint density at radius 2 is 2.05 bits per heavy atom. The molecular weight excluding hydrogens is 325 g/mol. The number of hydrogen-bond acceptors (Lipinski definition) is 3. The summed E-state index contributed by atoms with van der Waals surface area (Å²) in [5, 5.41) is 12.9. The summed E-state index contributed by atoms with van der Waals surface area (Å²) in [5.74, 6) is 0.375. The normalized spacial score (nSPS) is 10.4. The molecule has 0 aliphatic rings. The largest absolute Gasteiger partial charge is 0.508 e. The van der Waals surface area contributed by atoms with Crippen LogP contribution in [0.25, 0.3) is 0 Å². The van der Waals surface area contributed by atoms with Crippen molar-refractivity contribution in [2.24, 2.45) is 0 Å². The number of phenols is 1. The Kier molecular flexibility index (Phi) is 4.49. The number of rotatable bonds is 4. The number of methoxy groups -OCH3 is 1. The smallest absolute Gasteiger partial charge is 0.143 e. The topological polar surface area (TPSA) is 41.5 Å². The fraction of sp³-hybridized carbons (Fsp3) is 0.200. The van der Waals surface area contributed by atoms with Crippen LogP contribution in [0.2, 0.25) is 0 Å². The zero-order valence-corrected chi connectivity index (χ0v) is 12.8. The average Bonchev–Trinajstić information content (AvgIpc) is 2.40. The number of aromatic hydroxyl groups is 1. The van der Waals surface area contributed by atoms with Crippen LogP contribution >= 0.6 is 15.9 Å². The van der Waals surface area contributed by atoms with Crippen molar-refractivity contribution >= 4 is 21.6 Å². The van der Waals surface area contributed by atoms with Gasteiger partial charge in [-0.15, -0.1) is 0 Å². The van der Waals surface area contributed by atoms with Gasteiger partial charge in [0.05, 0.1) is 12.8 Å². The third-order valence-electron chi connectivity index (χ3n) is 2.98. The van der Waals surface area contributed by atoms with E-state index >= 15 is 0 Å². The summed E-state index contributed by atoms with van der Waals surface area (Å²) >= 11 is 3.41. The predicted molar refractivity (Wildman–Crippen MR) is 80.8 cm³/mol. The summed E-state index contributed by atoms with van der Waals surface area (Å²) < 4.78 is 19.4. The highest BCUT2D eigenvalue weighted by atomic mass is 79.9. The van der Waals surface area contributed by atoms with E-state index in [-0.39, 0.29) is 11.6 Å². The van der Waals surface area contributed by atoms with Gasteiger partial charge in [-0.05, 0) is 42.8 Å². The molecule has 0 atom stereocenters. The third kappa shape index (κ3) is 3.22. The van der Waals surface area contributed by atoms with E-state index < -0.39 is 0 Å². The average molecular weight is 340 g/mol. The number of aryl methyl sites for hydroxylation is 1. The van der Waals surface area contributed by atoms with Gasteiger partial charge in [-0.1, -0.05) is 15.9 Å². The molecular formula is C15H15BrFNO2. The molecule has 5 heteroatoms. The van der Waals surface area contributed by atoms with E-state index in [1.54, 1.807) is 7.11 Å². The number of hydrogen-bond donors (Lipinski definition) is 2. The van der Waals surface area contributed by atoms with Gasteiger partial charge in [0.25, 0.3) is 0 Å². The highest BCUT2D eigenvalue weighted by Crippen LogP contribution is 2.33. The van der Waals surface area contributed by atoms with Crippen LogP contribution in [-0.4, -0.2) is 12.2 Å². The Bertz CT molecular complexity index is 632. The Morgan fingerprint density at radius 1 is 1.30 bits per heavy atom. The molecule has 3 nitrogen and oxygen atoms in total. The molecule has 2 aromatic rings. The Hall–Kier alpha value is -1.75. The van der Waals surface area contributed by atoms with Crippen LogP contribution in [-0.2, 0) is 6.54 Å². The second-order valence-corrected chi connectivity index (χ2v) is 5.34. The Morgan fingerprint density at radius 3 is 2.75 bits per heavy atom. The molecule has 0 aliphatic heterocycles. The summed E-state index contributed by atoms with van der Waals surface area (Å²) in [6.07, 6.45) is 0. The van der Waals surface area contributed by atoms with E-state index in [4.69, 9.17) is 4.74 Å². The standard InChI is InChI=1S/C15H15BrFNO2/c1-9-5-11(16)7-14(20-2)15(9)18-8-10-6-12(17)3-4-13(10)19/h3-7,18-19H,8H2,1-2H3. The lowest BCUT2D eigenvalue weighted by Gasteiger charge is -2.15. The van der Waals surface area contributed by atoms with Crippen LogP contribution in [0.1, 0.15) is 11.1 Å². The van der Waals surface area contributed by atoms with Crippen LogP contribution in [0.5, 0.6) is 11.5 Å². The Balaban J connectivity index is 2.25. The molecule has 106 valence electrons. The van der Waals surface area contributed by atoms with Crippen molar-refractivity contribution in [3.8, 4) is 11.5 Å². The summed E-state index contributed by atoms with van der Waals surface area (Å²) in [7, 11) is 1.59. The molecule has 0 saturated heterocycles. The number of benzene rings is 2. The molecule has 0 bridgehead atoms. The van der Waals surface area contributed by atoms with Gasteiger partial charge in [-0.25, -0.2) is 4.39 Å². The third-order valence-corrected chi connectivity index (χ3v) is 3.44. The van der Waals surface area contributed by atoms with Gasteiger partial charge in [0.1, 0.15) is 17.3 Å². The highest BCUT2D eigenvalue weighted by molar-refractivity contribution is 9.10. The van der Waals surface area contributed by atoms with E-state index in [9.17, 15) is 9.50 Å². The lowest BCUT2D eigenvalue weighted by molar-refractivity contribution is 0.415. The van der Waals surface area contributed by atoms with Crippen molar-refractivity contribution in [3.63, 3.8) is 0 Å². The first-order valence-corrected chi connectivity index (χ1v) is 6.86. The molecule has 2 aromatic carbocycles. The molecule has 0 aliphatic carbocycles. The fourth-order valence-electron chi connectivity index (χ4n) is 1.98. The first kappa shape index (κ1) is 14.7. The van der Waals surface area contributed by atoms with Gasteiger partial charge in [0, 0.05) is 16.6 Å². The first-order valence-electron chi connectivity index (χ1n) is 6.06. The van der Waals surface area contributed by atoms with E-state index in [0.29, 0.717) is 17.9 Å². The van der Waals surface area contributed by atoms with Gasteiger partial charge in [0.2, 0.25) is 0 Å². The van der Waals surface area contributed by atoms with E-state index in [0.717, 1.165) is 15.7 Å². The van der Waals surface area contributed by atoms with Crippen LogP contribution in [0.4, 0.5) is 10.1 Å². The van der Waals surface area contributed by atoms with E-state index in [2.05, 4.69) is 21.2 Å². The molecule has 0 heterocycles. The van der Waals surface area contributed by atoms with Crippen molar-refractivity contribution < 1.29 is 14.2 Å². The fourth-order valence-corrected chi connectivity index (χ4v) is 2.53. The summed E-state index contributed by atoms with van der Waals surface area (Å²) in [6.45, 7) is 2.25. The molecule has 0 aromatic heterocycles. The summed E-state index contributed by atoms with van der Waals surface area (Å²) in [5.41, 5.74) is 2.31. The molecule has 0 unspecified atom stereocenters. The van der Waals surface area contributed by atoms with Crippen LogP contribution in [0.3, 0.4) is 0 Å². The van der Waals surface area contributed by atoms with Crippen molar-refractivity contribution in [2.75, 3.05) is 12.4 Å². The minimum absolute atomic E-state index is 0.0626. The number of anilines is 1. The van der Waals surface area contributed by atoms with Gasteiger partial charge in [0.15, 0.2) is 0 Å². The quantitative estimate of drug-likeness (QED) is 0.876. The number of nitrogens with one attached hydrogen (secondary N) is 1. The van der Waals surface area contributed by atoms with E-state index in [1.165, 1.54) is 18.2 Å². The minimum Gasteiger partial charge on any atom is -0.508 e. The highest BCUT2D eigenvalue weighted by Gasteiger charge is 2.09. The monoisotopic (exact) mass is 339 g/mol. The molecule has 0 amide bonds. The maximum Gasteiger partial charge on any atom is 0.143 e. The van der Waals surface area contributed by atoms with Gasteiger partial charge in [-0.2, -0.15) is 0 Å². The second kappa shape index (κ2) is 6.13. The summed E-state index contributed by atoms with van der Waals surface area (Å²) in [6, 6.07) is 7.68. The Labute approximate surface area is 125 Å². The van der Waals surface area contributed by atoms with Crippen molar-refractivity contribution in [1.29, 1.82) is 0 Å². The summed E-state index contributed by atoms with van der Waals surface area (Å²) in [4.78, 5) is 0. The van der Waals surface area contributed by atoms with Gasteiger partial charge < -0.3 is 15.2 Å². The van der Waals surface area contributed by atoms with E-state index in [1.807, 2.05) is 19.1 Å². The minimum atomic E-state index is -0.376. The van der Waals surface area contributed by atoms with Crippen LogP contribution < -0.4 is 10.1 Å². The van der Waals surface area contributed by atoms with Crippen molar-refractivity contribution in [2.45, 2.75) is 13.5 Å². The van der Waals surface area contributed by atoms with Crippen LogP contribution in [0, 0.1) is 12.7 Å². The maximum absolute atomic E-state index is 13.2. The van der Waals surface area contributed by atoms with Crippen molar-refractivity contribution in [1.82, 2.24) is 0 Å². The molecule has 0 radical (unpaired) electrons. The molecule has 2 rings (SSSR count). The van der Waals surface area contributed by atoms with Gasteiger partial charge >= 0.3 is 0 Å². The lowest BCUT2D eigenvalue weighted by atomic mass is 10.1. The molecule has 20 heavy (non-hydrogen) atoms.